The number of furan rings is 1. The number of rotatable bonds is 5. The van der Waals surface area contributed by atoms with E-state index in [0.29, 0.717) is 11.8 Å². The second-order valence-electron chi connectivity index (χ2n) is 6.57. The van der Waals surface area contributed by atoms with Crippen molar-refractivity contribution in [2.75, 3.05) is 13.2 Å². The standard InChI is InChI=1S/C19H23NO3/c21-17(19-4-2-9-22-19)12-16-3-1-8-20(16)13-14-5-6-18-15(11-14)7-10-23-18/h2,4-6,9,11,16-17,21H,1,3,7-8,10,12-13H2. The third-order valence-corrected chi connectivity index (χ3v) is 5.01. The fourth-order valence-corrected chi connectivity index (χ4v) is 3.80. The van der Waals surface area contributed by atoms with Crippen LogP contribution >= 0.6 is 0 Å². The van der Waals surface area contributed by atoms with E-state index in [9.17, 15) is 5.11 Å². The quantitative estimate of drug-likeness (QED) is 0.920. The Morgan fingerprint density at radius 2 is 2.26 bits per heavy atom. The van der Waals surface area contributed by atoms with Gasteiger partial charge in [-0.2, -0.15) is 0 Å². The highest BCUT2D eigenvalue weighted by Gasteiger charge is 2.28. The maximum atomic E-state index is 10.3. The highest BCUT2D eigenvalue weighted by atomic mass is 16.5. The summed E-state index contributed by atoms with van der Waals surface area (Å²) in [6, 6.07) is 10.6. The maximum absolute atomic E-state index is 10.3. The lowest BCUT2D eigenvalue weighted by molar-refractivity contribution is 0.0995. The zero-order valence-electron chi connectivity index (χ0n) is 13.3. The van der Waals surface area contributed by atoms with Crippen molar-refractivity contribution < 1.29 is 14.3 Å². The van der Waals surface area contributed by atoms with Crippen molar-refractivity contribution >= 4 is 0 Å². The molecule has 0 saturated carbocycles. The van der Waals surface area contributed by atoms with Crippen molar-refractivity contribution in [2.24, 2.45) is 0 Å². The molecule has 1 aromatic carbocycles. The van der Waals surface area contributed by atoms with Gasteiger partial charge < -0.3 is 14.3 Å². The van der Waals surface area contributed by atoms with Crippen LogP contribution in [0.15, 0.2) is 41.0 Å². The Morgan fingerprint density at radius 1 is 1.30 bits per heavy atom. The molecule has 1 saturated heterocycles. The van der Waals surface area contributed by atoms with Crippen molar-refractivity contribution in [3.05, 3.63) is 53.5 Å². The molecule has 122 valence electrons. The number of likely N-dealkylation sites (tertiary alicyclic amines) is 1. The lowest BCUT2D eigenvalue weighted by atomic mass is 10.0. The van der Waals surface area contributed by atoms with Gasteiger partial charge in [0.2, 0.25) is 0 Å². The van der Waals surface area contributed by atoms with Crippen molar-refractivity contribution in [3.63, 3.8) is 0 Å². The summed E-state index contributed by atoms with van der Waals surface area (Å²) in [6.45, 7) is 2.85. The minimum atomic E-state index is -0.510. The number of nitrogens with zero attached hydrogens (tertiary/aromatic N) is 1. The van der Waals surface area contributed by atoms with E-state index in [2.05, 4.69) is 23.1 Å². The van der Waals surface area contributed by atoms with Gasteiger partial charge in [0.05, 0.1) is 12.9 Å². The molecule has 2 aromatic rings. The topological polar surface area (TPSA) is 45.8 Å². The molecular formula is C19H23NO3. The second-order valence-corrected chi connectivity index (χ2v) is 6.57. The van der Waals surface area contributed by atoms with Gasteiger partial charge in [0.25, 0.3) is 0 Å². The van der Waals surface area contributed by atoms with E-state index < -0.39 is 6.10 Å². The molecule has 4 rings (SSSR count). The number of benzene rings is 1. The van der Waals surface area contributed by atoms with E-state index in [1.54, 1.807) is 6.26 Å². The molecule has 1 N–H and O–H groups in total. The lowest BCUT2D eigenvalue weighted by Crippen LogP contribution is -2.30. The highest BCUT2D eigenvalue weighted by molar-refractivity contribution is 5.39. The summed E-state index contributed by atoms with van der Waals surface area (Å²) in [5, 5.41) is 10.3. The molecule has 0 amide bonds. The smallest absolute Gasteiger partial charge is 0.132 e. The minimum absolute atomic E-state index is 0.416. The molecule has 2 unspecified atom stereocenters. The number of fused-ring (bicyclic) bond motifs is 1. The Hall–Kier alpha value is -1.78. The van der Waals surface area contributed by atoms with Gasteiger partial charge >= 0.3 is 0 Å². The van der Waals surface area contributed by atoms with Crippen LogP contribution in [-0.4, -0.2) is 29.2 Å². The summed E-state index contributed by atoms with van der Waals surface area (Å²) >= 11 is 0. The highest BCUT2D eigenvalue weighted by Crippen LogP contribution is 2.31. The molecule has 1 fully saturated rings. The third kappa shape index (κ3) is 3.14. The third-order valence-electron chi connectivity index (χ3n) is 5.01. The Labute approximate surface area is 136 Å². The van der Waals surface area contributed by atoms with Crippen molar-refractivity contribution in [1.82, 2.24) is 4.90 Å². The van der Waals surface area contributed by atoms with Crippen LogP contribution in [-0.2, 0) is 13.0 Å². The fourth-order valence-electron chi connectivity index (χ4n) is 3.80. The maximum Gasteiger partial charge on any atom is 0.132 e. The predicted molar refractivity (Wildman–Crippen MR) is 87.4 cm³/mol. The molecule has 2 aliphatic heterocycles. The normalized spacial score (nSPS) is 22.0. The summed E-state index contributed by atoms with van der Waals surface area (Å²) in [7, 11) is 0. The van der Waals surface area contributed by atoms with E-state index >= 15 is 0 Å². The first-order valence-corrected chi connectivity index (χ1v) is 8.50. The van der Waals surface area contributed by atoms with Crippen LogP contribution in [0.3, 0.4) is 0 Å². The van der Waals surface area contributed by atoms with Gasteiger partial charge in [-0.05, 0) is 55.1 Å². The number of hydrogen-bond acceptors (Lipinski definition) is 4. The Kier molecular flexibility index (Phi) is 4.10. The molecule has 4 nitrogen and oxygen atoms in total. The van der Waals surface area contributed by atoms with Crippen LogP contribution in [0.2, 0.25) is 0 Å². The Morgan fingerprint density at radius 3 is 3.13 bits per heavy atom. The minimum Gasteiger partial charge on any atom is -0.493 e. The molecule has 0 spiro atoms. The number of ether oxygens (including phenoxy) is 1. The number of aliphatic hydroxyl groups is 1. The number of aliphatic hydroxyl groups excluding tert-OH is 1. The molecule has 4 heteroatoms. The van der Waals surface area contributed by atoms with E-state index in [4.69, 9.17) is 9.15 Å². The summed E-state index contributed by atoms with van der Waals surface area (Å²) in [6.07, 6.45) is 5.21. The van der Waals surface area contributed by atoms with E-state index in [1.165, 1.54) is 17.5 Å². The van der Waals surface area contributed by atoms with Crippen LogP contribution in [0.5, 0.6) is 5.75 Å². The zero-order valence-corrected chi connectivity index (χ0v) is 13.3. The zero-order chi connectivity index (χ0) is 15.6. The Bertz CT molecular complexity index is 653. The Balaban J connectivity index is 1.41. The molecule has 0 bridgehead atoms. The van der Waals surface area contributed by atoms with Gasteiger partial charge in [-0.25, -0.2) is 0 Å². The predicted octanol–water partition coefficient (Wildman–Crippen LogP) is 3.30. The summed E-state index contributed by atoms with van der Waals surface area (Å²) in [5.74, 6) is 1.71. The van der Waals surface area contributed by atoms with Crippen molar-refractivity contribution in [3.8, 4) is 5.75 Å². The number of hydrogen-bond donors (Lipinski definition) is 1. The summed E-state index contributed by atoms with van der Waals surface area (Å²) < 4.78 is 10.9. The van der Waals surface area contributed by atoms with E-state index in [-0.39, 0.29) is 0 Å². The largest absolute Gasteiger partial charge is 0.493 e. The van der Waals surface area contributed by atoms with Crippen molar-refractivity contribution in [2.45, 2.75) is 44.4 Å². The van der Waals surface area contributed by atoms with Gasteiger partial charge in [0.15, 0.2) is 0 Å². The monoisotopic (exact) mass is 313 g/mol. The summed E-state index contributed by atoms with van der Waals surface area (Å²) in [5.41, 5.74) is 2.67. The molecule has 0 aliphatic carbocycles. The SMILES string of the molecule is OC(CC1CCCN1Cc1ccc2c(c1)CCO2)c1ccco1. The first kappa shape index (κ1) is 14.8. The van der Waals surface area contributed by atoms with Crippen LogP contribution in [0.25, 0.3) is 0 Å². The molecule has 1 aromatic heterocycles. The average Bonchev–Trinajstić information content (AvgIpc) is 3.28. The van der Waals surface area contributed by atoms with Crippen LogP contribution in [0, 0.1) is 0 Å². The molecule has 3 heterocycles. The average molecular weight is 313 g/mol. The molecule has 0 radical (unpaired) electrons. The molecule has 23 heavy (non-hydrogen) atoms. The van der Waals surface area contributed by atoms with Crippen LogP contribution in [0.4, 0.5) is 0 Å². The van der Waals surface area contributed by atoms with Crippen LogP contribution < -0.4 is 4.74 Å². The van der Waals surface area contributed by atoms with Gasteiger partial charge in [-0.3, -0.25) is 4.90 Å². The van der Waals surface area contributed by atoms with Crippen LogP contribution in [0.1, 0.15) is 42.3 Å². The van der Waals surface area contributed by atoms with Gasteiger partial charge in [0.1, 0.15) is 17.6 Å². The lowest BCUT2D eigenvalue weighted by Gasteiger charge is -2.26. The first-order chi connectivity index (χ1) is 11.3. The molecule has 2 aliphatic rings. The second kappa shape index (κ2) is 6.38. The van der Waals surface area contributed by atoms with Gasteiger partial charge in [-0.15, -0.1) is 0 Å². The van der Waals surface area contributed by atoms with Gasteiger partial charge in [-0.1, -0.05) is 12.1 Å². The van der Waals surface area contributed by atoms with E-state index in [0.717, 1.165) is 44.7 Å². The van der Waals surface area contributed by atoms with Crippen molar-refractivity contribution in [1.29, 1.82) is 0 Å². The fraction of sp³-hybridized carbons (Fsp3) is 0.474. The first-order valence-electron chi connectivity index (χ1n) is 8.50. The molecular weight excluding hydrogens is 290 g/mol. The summed E-state index contributed by atoms with van der Waals surface area (Å²) in [4.78, 5) is 2.49. The molecule has 2 atom stereocenters. The van der Waals surface area contributed by atoms with E-state index in [1.807, 2.05) is 12.1 Å². The van der Waals surface area contributed by atoms with Gasteiger partial charge in [0, 0.05) is 19.0 Å².